The molecule has 1 saturated carbocycles. The lowest BCUT2D eigenvalue weighted by atomic mass is 9.48. The first-order chi connectivity index (χ1) is 28.8. The number of Topliss-reactive ketones (excluding diaryl/α,β-unsaturated/α-hetero) is 1. The second-order valence-corrected chi connectivity index (χ2v) is 18.3. The Kier molecular flexibility index (Phi) is 13.8. The fourth-order valence-corrected chi connectivity index (χ4v) is 9.26. The van der Waals surface area contributed by atoms with E-state index < -0.39 is 125 Å². The maximum Gasteiger partial charge on any atom is 0.408 e. The average Bonchev–Trinajstić information content (AvgIpc) is 3.16. The molecule has 0 radical (unpaired) electrons. The standard InChI is InChI=1S/C46H58FNO14/c1-25-22-43(8,9)46(56,23-32(25)59-33(51)21-31(29-17-13-11-14-18-29)48-41(55)62-42(5,6)7)39(60-40(54)30-19-15-12-16-20-30)35-44(10,36(52)26(2)58-27(3)49)37(53)34(47)38-45(35,24-57-38)61-28(4)50/h11-20,22,26,31-32,34-35,37-39,53,56H,21,23-24H2,1-10H3,(H,48,55)/t26-,31-,32+,34+,35?,37+,38?,39+,44-,45-,46-/m1/s1. The topological polar surface area (TPSA) is 210 Å². The lowest BCUT2D eigenvalue weighted by Crippen LogP contribution is -2.83. The van der Waals surface area contributed by atoms with Gasteiger partial charge in [-0.05, 0) is 64.8 Å². The molecule has 11 atom stereocenters. The number of hydrogen-bond donors (Lipinski definition) is 3. The van der Waals surface area contributed by atoms with Gasteiger partial charge in [-0.25, -0.2) is 14.0 Å². The summed E-state index contributed by atoms with van der Waals surface area (Å²) in [5.41, 5.74) is -8.20. The van der Waals surface area contributed by atoms with E-state index in [1.54, 1.807) is 96.1 Å². The Morgan fingerprint density at radius 2 is 1.53 bits per heavy atom. The number of rotatable bonds is 13. The highest BCUT2D eigenvalue weighted by Gasteiger charge is 2.78. The molecule has 1 amide bonds. The summed E-state index contributed by atoms with van der Waals surface area (Å²) >= 11 is 0. The molecule has 2 aromatic carbocycles. The van der Waals surface area contributed by atoms with Gasteiger partial charge < -0.3 is 44.0 Å². The molecule has 0 spiro atoms. The zero-order valence-electron chi connectivity index (χ0n) is 36.8. The summed E-state index contributed by atoms with van der Waals surface area (Å²) in [6.45, 7) is 13.9. The first-order valence-corrected chi connectivity index (χ1v) is 20.5. The Morgan fingerprint density at radius 3 is 2.06 bits per heavy atom. The Morgan fingerprint density at radius 1 is 0.935 bits per heavy atom. The Balaban J connectivity index is 1.65. The number of aliphatic hydroxyl groups excluding tert-OH is 1. The van der Waals surface area contributed by atoms with Crippen molar-refractivity contribution in [1.29, 1.82) is 0 Å². The van der Waals surface area contributed by atoms with E-state index in [0.717, 1.165) is 13.8 Å². The zero-order valence-corrected chi connectivity index (χ0v) is 36.8. The molecule has 3 aliphatic rings. The number of alkyl carbamates (subject to hydrolysis) is 1. The largest absolute Gasteiger partial charge is 0.458 e. The van der Waals surface area contributed by atoms with Gasteiger partial charge in [0.1, 0.15) is 35.6 Å². The number of halogens is 1. The van der Waals surface area contributed by atoms with Gasteiger partial charge in [-0.15, -0.1) is 0 Å². The quantitative estimate of drug-likeness (QED) is 0.130. The summed E-state index contributed by atoms with van der Waals surface area (Å²) in [7, 11) is 0. The van der Waals surface area contributed by atoms with E-state index >= 15 is 4.39 Å². The SMILES string of the molecule is CC(=O)O[C@H](C)C(=O)[C@@]1(C)C([C@H](OC(=O)c2ccccc2)[C@]2(O)C[C@H](OC(=O)C[C@@H](NC(=O)OC(C)(C)C)c3ccccc3)C(C)=CC2(C)C)[C@]2(OC(C)=O)COC2[C@@H](F)[C@@H]1O. The van der Waals surface area contributed by atoms with E-state index in [2.05, 4.69) is 5.32 Å². The van der Waals surface area contributed by atoms with Crippen LogP contribution in [0.3, 0.4) is 0 Å². The predicted octanol–water partition coefficient (Wildman–Crippen LogP) is 5.44. The molecule has 2 aliphatic carbocycles. The number of nitrogens with one attached hydrogen (secondary N) is 1. The minimum Gasteiger partial charge on any atom is -0.458 e. The van der Waals surface area contributed by atoms with Gasteiger partial charge in [0.15, 0.2) is 23.7 Å². The van der Waals surface area contributed by atoms with E-state index in [0.29, 0.717) is 11.1 Å². The molecule has 2 aromatic rings. The molecule has 16 heteroatoms. The molecular formula is C46H58FNO14. The molecule has 0 aromatic heterocycles. The minimum atomic E-state index is -2.43. The highest BCUT2D eigenvalue weighted by molar-refractivity contribution is 5.92. The number of ether oxygens (including phenoxy) is 6. The molecule has 0 bridgehead atoms. The van der Waals surface area contributed by atoms with Gasteiger partial charge in [0.25, 0.3) is 0 Å². The molecule has 1 heterocycles. The van der Waals surface area contributed by atoms with Crippen molar-refractivity contribution in [3.05, 3.63) is 83.4 Å². The second kappa shape index (κ2) is 17.9. The molecule has 1 saturated heterocycles. The predicted molar refractivity (Wildman–Crippen MR) is 219 cm³/mol. The Bertz CT molecular complexity index is 2050. The number of ketones is 1. The normalized spacial score (nSPS) is 30.3. The molecule has 2 unspecified atom stereocenters. The van der Waals surface area contributed by atoms with Crippen molar-refractivity contribution in [3.63, 3.8) is 0 Å². The monoisotopic (exact) mass is 867 g/mol. The summed E-state index contributed by atoms with van der Waals surface area (Å²) in [5.74, 6) is -6.44. The third kappa shape index (κ3) is 9.42. The molecule has 2 fully saturated rings. The Labute approximate surface area is 360 Å². The van der Waals surface area contributed by atoms with Gasteiger partial charge in [0.05, 0.1) is 36.0 Å². The van der Waals surface area contributed by atoms with Crippen LogP contribution in [0.25, 0.3) is 0 Å². The van der Waals surface area contributed by atoms with Gasteiger partial charge in [0, 0.05) is 25.7 Å². The fourth-order valence-electron chi connectivity index (χ4n) is 9.26. The smallest absolute Gasteiger partial charge is 0.408 e. The number of amides is 1. The van der Waals surface area contributed by atoms with Crippen molar-refractivity contribution in [2.45, 2.75) is 142 Å². The van der Waals surface area contributed by atoms with Crippen molar-refractivity contribution < 1.29 is 71.8 Å². The second-order valence-electron chi connectivity index (χ2n) is 18.3. The lowest BCUT2D eigenvalue weighted by Gasteiger charge is -2.66. The van der Waals surface area contributed by atoms with Gasteiger partial charge in [-0.3, -0.25) is 19.2 Å². The van der Waals surface area contributed by atoms with Crippen molar-refractivity contribution in [3.8, 4) is 0 Å². The number of esters is 4. The molecule has 15 nitrogen and oxygen atoms in total. The number of aliphatic hydroxyl groups is 2. The molecule has 3 N–H and O–H groups in total. The van der Waals surface area contributed by atoms with Crippen molar-refractivity contribution in [1.82, 2.24) is 5.32 Å². The van der Waals surface area contributed by atoms with Crippen molar-refractivity contribution in [2.24, 2.45) is 16.7 Å². The number of carbonyl (C=O) groups excluding carboxylic acids is 6. The summed E-state index contributed by atoms with van der Waals surface area (Å²) in [4.78, 5) is 81.1. The van der Waals surface area contributed by atoms with Crippen LogP contribution in [0.1, 0.15) is 104 Å². The fraction of sp³-hybridized carbons (Fsp3) is 0.565. The van der Waals surface area contributed by atoms with E-state index in [9.17, 15) is 39.0 Å². The van der Waals surface area contributed by atoms with Crippen LogP contribution in [0.4, 0.5) is 9.18 Å². The molecule has 338 valence electrons. The molecule has 1 aliphatic heterocycles. The Hall–Kier alpha value is -5.19. The van der Waals surface area contributed by atoms with E-state index in [1.807, 2.05) is 0 Å². The zero-order chi connectivity index (χ0) is 46.2. The third-order valence-corrected chi connectivity index (χ3v) is 12.2. The summed E-state index contributed by atoms with van der Waals surface area (Å²) < 4.78 is 51.2. The maximum absolute atomic E-state index is 16.5. The first-order valence-electron chi connectivity index (χ1n) is 20.5. The number of carbonyl (C=O) groups is 6. The van der Waals surface area contributed by atoms with Crippen LogP contribution >= 0.6 is 0 Å². The number of hydrogen-bond acceptors (Lipinski definition) is 14. The number of alkyl halides is 1. The van der Waals surface area contributed by atoms with Gasteiger partial charge in [0.2, 0.25) is 0 Å². The van der Waals surface area contributed by atoms with E-state index in [1.165, 1.54) is 26.0 Å². The summed E-state index contributed by atoms with van der Waals surface area (Å²) in [6, 6.07) is 15.4. The number of fused-ring (bicyclic) bond motifs is 1. The van der Waals surface area contributed by atoms with E-state index in [-0.39, 0.29) is 12.0 Å². The third-order valence-electron chi connectivity index (χ3n) is 12.2. The highest BCUT2D eigenvalue weighted by atomic mass is 19.1. The van der Waals surface area contributed by atoms with Crippen LogP contribution in [-0.2, 0) is 47.6 Å². The van der Waals surface area contributed by atoms with Crippen molar-refractivity contribution in [2.75, 3.05) is 6.61 Å². The van der Waals surface area contributed by atoms with Crippen LogP contribution in [-0.4, -0.2) is 106 Å². The van der Waals surface area contributed by atoms with Crippen LogP contribution in [0, 0.1) is 16.7 Å². The maximum atomic E-state index is 16.5. The lowest BCUT2D eigenvalue weighted by molar-refractivity contribution is -0.359. The van der Waals surface area contributed by atoms with Crippen LogP contribution < -0.4 is 5.32 Å². The number of benzene rings is 2. The van der Waals surface area contributed by atoms with Crippen LogP contribution in [0.5, 0.6) is 0 Å². The molecule has 62 heavy (non-hydrogen) atoms. The summed E-state index contributed by atoms with van der Waals surface area (Å²) in [6.07, 6.45) is -11.2. The minimum absolute atomic E-state index is 0.0119. The van der Waals surface area contributed by atoms with Gasteiger partial charge in [-0.2, -0.15) is 0 Å². The average molecular weight is 868 g/mol. The van der Waals surface area contributed by atoms with Crippen LogP contribution in [0.15, 0.2) is 72.3 Å². The van der Waals surface area contributed by atoms with Gasteiger partial charge >= 0.3 is 30.0 Å². The molecule has 5 rings (SSSR count). The highest BCUT2D eigenvalue weighted by Crippen LogP contribution is 2.61. The first kappa shape index (κ1) is 47.9. The summed E-state index contributed by atoms with van der Waals surface area (Å²) in [5, 5.41) is 28.1. The molecular weight excluding hydrogens is 809 g/mol. The van der Waals surface area contributed by atoms with Gasteiger partial charge in [-0.1, -0.05) is 68.5 Å². The van der Waals surface area contributed by atoms with Crippen LogP contribution in [0.2, 0.25) is 0 Å². The van der Waals surface area contributed by atoms with Crippen molar-refractivity contribution >= 4 is 35.8 Å². The van der Waals surface area contributed by atoms with E-state index in [4.69, 9.17) is 28.4 Å².